The van der Waals surface area contributed by atoms with E-state index in [1.807, 2.05) is 10.9 Å². The van der Waals surface area contributed by atoms with Crippen LogP contribution in [0, 0.1) is 5.92 Å². The normalized spacial score (nSPS) is 22.1. The highest BCUT2D eigenvalue weighted by molar-refractivity contribution is 5.92. The van der Waals surface area contributed by atoms with Crippen LogP contribution in [0.4, 0.5) is 0 Å². The van der Waals surface area contributed by atoms with E-state index in [1.165, 1.54) is 51.6 Å². The summed E-state index contributed by atoms with van der Waals surface area (Å²) in [5, 5.41) is 11.4. The van der Waals surface area contributed by atoms with Gasteiger partial charge in [-0.25, -0.2) is 0 Å². The van der Waals surface area contributed by atoms with Crippen molar-refractivity contribution in [3.05, 3.63) is 11.9 Å². The molecule has 1 saturated heterocycles. The molecule has 3 rings (SSSR count). The largest absolute Gasteiger partial charge is 0.348 e. The van der Waals surface area contributed by atoms with Gasteiger partial charge in [-0.05, 0) is 38.1 Å². The SMILES string of the molecule is CCC(CC)CN1CCC[C@H]1Cn1cc(C(=O)NC2CCCC2)nn1. The second-order valence-electron chi connectivity index (χ2n) is 7.75. The summed E-state index contributed by atoms with van der Waals surface area (Å²) in [5.74, 6) is 0.711. The minimum absolute atomic E-state index is 0.0709. The van der Waals surface area contributed by atoms with E-state index in [4.69, 9.17) is 0 Å². The third kappa shape index (κ3) is 4.81. The average molecular weight is 348 g/mol. The zero-order valence-corrected chi connectivity index (χ0v) is 15.8. The maximum atomic E-state index is 12.3. The van der Waals surface area contributed by atoms with Crippen LogP contribution in [0.2, 0.25) is 0 Å². The van der Waals surface area contributed by atoms with Crippen molar-refractivity contribution in [2.24, 2.45) is 5.92 Å². The molecular formula is C19H33N5O. The summed E-state index contributed by atoms with van der Waals surface area (Å²) in [5.41, 5.74) is 0.455. The fourth-order valence-electron chi connectivity index (χ4n) is 4.26. The Labute approximate surface area is 151 Å². The van der Waals surface area contributed by atoms with E-state index in [9.17, 15) is 4.79 Å². The van der Waals surface area contributed by atoms with Gasteiger partial charge in [0.25, 0.3) is 5.91 Å². The molecule has 1 aromatic rings. The quantitative estimate of drug-likeness (QED) is 0.785. The second-order valence-corrected chi connectivity index (χ2v) is 7.75. The number of carbonyl (C=O) groups is 1. The molecule has 0 bridgehead atoms. The van der Waals surface area contributed by atoms with E-state index in [0.717, 1.165) is 25.3 Å². The minimum atomic E-state index is -0.0709. The summed E-state index contributed by atoms with van der Waals surface area (Å²) in [4.78, 5) is 14.9. The topological polar surface area (TPSA) is 63.1 Å². The maximum absolute atomic E-state index is 12.3. The first-order chi connectivity index (χ1) is 12.2. The standard InChI is InChI=1S/C19H33N5O/c1-3-15(4-2)12-23-11-7-10-17(23)13-24-14-18(21-22-24)19(25)20-16-8-5-6-9-16/h14-17H,3-13H2,1-2H3,(H,20,25)/t17-/m0/s1. The molecule has 1 aliphatic heterocycles. The van der Waals surface area contributed by atoms with Crippen molar-refractivity contribution in [3.8, 4) is 0 Å². The van der Waals surface area contributed by atoms with Gasteiger partial charge >= 0.3 is 0 Å². The molecule has 0 spiro atoms. The summed E-state index contributed by atoms with van der Waals surface area (Å²) in [6.45, 7) is 7.77. The number of rotatable bonds is 8. The summed E-state index contributed by atoms with van der Waals surface area (Å²) in [6.07, 6.45) is 11.4. The average Bonchev–Trinajstić information content (AvgIpc) is 3.35. The van der Waals surface area contributed by atoms with Gasteiger partial charge in [0.2, 0.25) is 0 Å². The van der Waals surface area contributed by atoms with Crippen LogP contribution in [0.15, 0.2) is 6.20 Å². The molecule has 6 heteroatoms. The molecule has 25 heavy (non-hydrogen) atoms. The smallest absolute Gasteiger partial charge is 0.273 e. The number of nitrogens with zero attached hydrogens (tertiary/aromatic N) is 4. The van der Waals surface area contributed by atoms with Crippen molar-refractivity contribution in [3.63, 3.8) is 0 Å². The Balaban J connectivity index is 1.54. The molecule has 2 aliphatic rings. The van der Waals surface area contributed by atoms with Crippen LogP contribution in [-0.4, -0.2) is 51.0 Å². The molecule has 1 aliphatic carbocycles. The fraction of sp³-hybridized carbons (Fsp3) is 0.842. The summed E-state index contributed by atoms with van der Waals surface area (Å²) < 4.78 is 1.86. The Morgan fingerprint density at radius 1 is 1.24 bits per heavy atom. The minimum Gasteiger partial charge on any atom is -0.348 e. The molecule has 1 N–H and O–H groups in total. The van der Waals surface area contributed by atoms with Crippen molar-refractivity contribution in [1.82, 2.24) is 25.2 Å². The van der Waals surface area contributed by atoms with E-state index in [1.54, 1.807) is 0 Å². The first-order valence-corrected chi connectivity index (χ1v) is 10.1. The predicted octanol–water partition coefficient (Wildman–Crippen LogP) is 2.85. The fourth-order valence-corrected chi connectivity index (χ4v) is 4.26. The second kappa shape index (κ2) is 8.79. The third-order valence-corrected chi connectivity index (χ3v) is 6.01. The van der Waals surface area contributed by atoms with E-state index >= 15 is 0 Å². The highest BCUT2D eigenvalue weighted by Gasteiger charge is 2.27. The van der Waals surface area contributed by atoms with Gasteiger partial charge in [-0.3, -0.25) is 14.4 Å². The third-order valence-electron chi connectivity index (χ3n) is 6.01. The van der Waals surface area contributed by atoms with Crippen molar-refractivity contribution in [2.45, 2.75) is 83.8 Å². The molecule has 0 radical (unpaired) electrons. The lowest BCUT2D eigenvalue weighted by atomic mass is 10.0. The van der Waals surface area contributed by atoms with Crippen molar-refractivity contribution < 1.29 is 4.79 Å². The molecule has 2 fully saturated rings. The molecule has 1 saturated carbocycles. The molecule has 0 aromatic carbocycles. The van der Waals surface area contributed by atoms with Crippen LogP contribution < -0.4 is 5.32 Å². The number of hydrogen-bond acceptors (Lipinski definition) is 4. The molecule has 0 unspecified atom stereocenters. The predicted molar refractivity (Wildman–Crippen MR) is 98.4 cm³/mol. The van der Waals surface area contributed by atoms with Gasteiger partial charge < -0.3 is 5.32 Å². The van der Waals surface area contributed by atoms with Crippen molar-refractivity contribution in [1.29, 1.82) is 0 Å². The van der Waals surface area contributed by atoms with Crippen LogP contribution in [-0.2, 0) is 6.54 Å². The molecule has 1 aromatic heterocycles. The van der Waals surface area contributed by atoms with E-state index < -0.39 is 0 Å². The van der Waals surface area contributed by atoms with Crippen LogP contribution in [0.3, 0.4) is 0 Å². The lowest BCUT2D eigenvalue weighted by molar-refractivity contribution is 0.0932. The first-order valence-electron chi connectivity index (χ1n) is 10.1. The lowest BCUT2D eigenvalue weighted by Crippen LogP contribution is -2.36. The summed E-state index contributed by atoms with van der Waals surface area (Å²) in [7, 11) is 0. The molecule has 2 heterocycles. The Hall–Kier alpha value is -1.43. The molecule has 140 valence electrons. The number of amides is 1. The maximum Gasteiger partial charge on any atom is 0.273 e. The van der Waals surface area contributed by atoms with E-state index in [0.29, 0.717) is 17.8 Å². The van der Waals surface area contributed by atoms with Gasteiger partial charge in [-0.2, -0.15) is 0 Å². The zero-order valence-electron chi connectivity index (χ0n) is 15.8. The van der Waals surface area contributed by atoms with Crippen LogP contribution in [0.25, 0.3) is 0 Å². The Kier molecular flexibility index (Phi) is 6.45. The first kappa shape index (κ1) is 18.4. The van der Waals surface area contributed by atoms with Crippen molar-refractivity contribution in [2.75, 3.05) is 13.1 Å². The Morgan fingerprint density at radius 3 is 2.72 bits per heavy atom. The van der Waals surface area contributed by atoms with Crippen LogP contribution >= 0.6 is 0 Å². The van der Waals surface area contributed by atoms with Crippen LogP contribution in [0.5, 0.6) is 0 Å². The van der Waals surface area contributed by atoms with Gasteiger partial charge in [-0.15, -0.1) is 5.10 Å². The number of hydrogen-bond donors (Lipinski definition) is 1. The number of carbonyl (C=O) groups excluding carboxylic acids is 1. The Morgan fingerprint density at radius 2 is 2.00 bits per heavy atom. The van der Waals surface area contributed by atoms with E-state index in [2.05, 4.69) is 34.4 Å². The highest BCUT2D eigenvalue weighted by Crippen LogP contribution is 2.22. The van der Waals surface area contributed by atoms with E-state index in [-0.39, 0.29) is 5.91 Å². The van der Waals surface area contributed by atoms with Gasteiger partial charge in [0.05, 0.1) is 12.7 Å². The Bertz CT molecular complexity index is 548. The van der Waals surface area contributed by atoms with Crippen LogP contribution in [0.1, 0.15) is 75.7 Å². The number of aromatic nitrogens is 3. The van der Waals surface area contributed by atoms with Gasteiger partial charge in [-0.1, -0.05) is 44.7 Å². The molecule has 1 atom stereocenters. The monoisotopic (exact) mass is 347 g/mol. The highest BCUT2D eigenvalue weighted by atomic mass is 16.2. The lowest BCUT2D eigenvalue weighted by Gasteiger charge is -2.27. The molecular weight excluding hydrogens is 314 g/mol. The molecule has 1 amide bonds. The molecule has 6 nitrogen and oxygen atoms in total. The van der Waals surface area contributed by atoms with Gasteiger partial charge in [0, 0.05) is 18.6 Å². The summed E-state index contributed by atoms with van der Waals surface area (Å²) in [6, 6.07) is 0.844. The number of nitrogens with one attached hydrogen (secondary N) is 1. The van der Waals surface area contributed by atoms with Crippen molar-refractivity contribution >= 4 is 5.91 Å². The summed E-state index contributed by atoms with van der Waals surface area (Å²) >= 11 is 0. The zero-order chi connectivity index (χ0) is 17.6. The number of likely N-dealkylation sites (tertiary alicyclic amines) is 1. The van der Waals surface area contributed by atoms with Gasteiger partial charge in [0.1, 0.15) is 0 Å². The van der Waals surface area contributed by atoms with Gasteiger partial charge in [0.15, 0.2) is 5.69 Å².